The zero-order valence-corrected chi connectivity index (χ0v) is 11.4. The van der Waals surface area contributed by atoms with E-state index in [4.69, 9.17) is 0 Å². The first-order chi connectivity index (χ1) is 10.8. The Balaban J connectivity index is 1.75. The average Bonchev–Trinajstić information content (AvgIpc) is 3.13. The van der Waals surface area contributed by atoms with Gasteiger partial charge in [0.05, 0.1) is 0 Å². The van der Waals surface area contributed by atoms with E-state index in [1.54, 1.807) is 24.7 Å². The first-order valence-electron chi connectivity index (χ1n) is 6.73. The standard InChI is InChI=1S/C16H11N5O/c22-16-13(20-15(21-16)12-5-1-2-6-17-12)8-10-9-19-14-11(10)4-3-7-18-14/h1-9,22H,(H,20,21). The van der Waals surface area contributed by atoms with Gasteiger partial charge < -0.3 is 10.1 Å². The number of nitrogens with zero attached hydrogens (tertiary/aromatic N) is 4. The predicted octanol–water partition coefficient (Wildman–Crippen LogP) is 2.83. The van der Waals surface area contributed by atoms with Gasteiger partial charge in [-0.15, -0.1) is 0 Å². The summed E-state index contributed by atoms with van der Waals surface area (Å²) < 4.78 is 0. The van der Waals surface area contributed by atoms with Crippen LogP contribution < -0.4 is 0 Å². The molecule has 6 nitrogen and oxygen atoms in total. The molecule has 0 saturated carbocycles. The Morgan fingerprint density at radius 2 is 1.95 bits per heavy atom. The fourth-order valence-electron chi connectivity index (χ4n) is 2.30. The lowest BCUT2D eigenvalue weighted by molar-refractivity contribution is 0.455. The summed E-state index contributed by atoms with van der Waals surface area (Å²) in [6.07, 6.45) is 6.90. The fraction of sp³-hybridized carbons (Fsp3) is 0. The Kier molecular flexibility index (Phi) is 2.79. The molecule has 22 heavy (non-hydrogen) atoms. The summed E-state index contributed by atoms with van der Waals surface area (Å²) in [7, 11) is 0. The molecule has 0 saturated heterocycles. The second-order valence-electron chi connectivity index (χ2n) is 4.77. The van der Waals surface area contributed by atoms with Crippen LogP contribution in [0.5, 0.6) is 5.88 Å². The van der Waals surface area contributed by atoms with Crippen molar-refractivity contribution in [1.82, 2.24) is 19.9 Å². The molecule has 3 aromatic rings. The van der Waals surface area contributed by atoms with Gasteiger partial charge in [0.1, 0.15) is 11.4 Å². The molecular formula is C16H11N5O. The maximum absolute atomic E-state index is 10.0. The van der Waals surface area contributed by atoms with Gasteiger partial charge in [-0.05, 0) is 30.3 Å². The van der Waals surface area contributed by atoms with Crippen LogP contribution >= 0.6 is 0 Å². The molecule has 0 amide bonds. The summed E-state index contributed by atoms with van der Waals surface area (Å²) in [5.74, 6) is 1.13. The Hall–Kier alpha value is -3.28. The zero-order chi connectivity index (χ0) is 14.9. The van der Waals surface area contributed by atoms with Crippen LogP contribution in [0.15, 0.2) is 47.7 Å². The molecule has 2 N–H and O–H groups in total. The largest absolute Gasteiger partial charge is 0.492 e. The van der Waals surface area contributed by atoms with E-state index >= 15 is 0 Å². The van der Waals surface area contributed by atoms with Crippen LogP contribution in [0.2, 0.25) is 0 Å². The Bertz CT molecular complexity index is 896. The van der Waals surface area contributed by atoms with Crippen molar-refractivity contribution in [2.24, 2.45) is 4.99 Å². The van der Waals surface area contributed by atoms with Crippen molar-refractivity contribution < 1.29 is 5.11 Å². The van der Waals surface area contributed by atoms with Crippen LogP contribution in [0, 0.1) is 0 Å². The number of aromatic hydroxyl groups is 1. The first-order valence-corrected chi connectivity index (χ1v) is 6.73. The van der Waals surface area contributed by atoms with Crippen LogP contribution in [-0.4, -0.2) is 31.3 Å². The van der Waals surface area contributed by atoms with Gasteiger partial charge in [0, 0.05) is 29.7 Å². The van der Waals surface area contributed by atoms with Gasteiger partial charge in [0.15, 0.2) is 11.6 Å². The minimum Gasteiger partial charge on any atom is -0.492 e. The minimum atomic E-state index is -0.0705. The van der Waals surface area contributed by atoms with E-state index in [0.29, 0.717) is 23.0 Å². The maximum Gasteiger partial charge on any atom is 0.237 e. The monoisotopic (exact) mass is 289 g/mol. The third-order valence-electron chi connectivity index (χ3n) is 3.34. The number of hydrogen-bond acceptors (Lipinski definition) is 5. The maximum atomic E-state index is 10.0. The molecule has 0 bridgehead atoms. The number of allylic oxidation sites excluding steroid dienone is 1. The highest BCUT2D eigenvalue weighted by Gasteiger charge is 2.15. The van der Waals surface area contributed by atoms with Crippen molar-refractivity contribution >= 4 is 23.7 Å². The molecule has 6 heteroatoms. The highest BCUT2D eigenvalue weighted by Crippen LogP contribution is 2.31. The van der Waals surface area contributed by atoms with Gasteiger partial charge in [-0.1, -0.05) is 6.07 Å². The molecule has 0 radical (unpaired) electrons. The van der Waals surface area contributed by atoms with Gasteiger partial charge >= 0.3 is 0 Å². The quantitative estimate of drug-likeness (QED) is 0.759. The normalized spacial score (nSPS) is 14.5. The molecule has 1 aliphatic rings. The smallest absolute Gasteiger partial charge is 0.237 e. The third kappa shape index (κ3) is 2.07. The first kappa shape index (κ1) is 12.5. The number of aromatic amines is 1. The summed E-state index contributed by atoms with van der Waals surface area (Å²) in [5, 5.41) is 10.0. The van der Waals surface area contributed by atoms with Gasteiger partial charge in [-0.25, -0.2) is 9.98 Å². The lowest BCUT2D eigenvalue weighted by Gasteiger charge is -1.97. The molecule has 0 unspecified atom stereocenters. The second-order valence-corrected chi connectivity index (χ2v) is 4.77. The molecule has 4 rings (SSSR count). The lowest BCUT2D eigenvalue weighted by atomic mass is 10.1. The number of hydrogen-bond donors (Lipinski definition) is 2. The van der Waals surface area contributed by atoms with Gasteiger partial charge in [0.25, 0.3) is 0 Å². The Morgan fingerprint density at radius 1 is 1.05 bits per heavy atom. The summed E-state index contributed by atoms with van der Waals surface area (Å²) >= 11 is 0. The van der Waals surface area contributed by atoms with Crippen LogP contribution in [0.25, 0.3) is 23.2 Å². The molecule has 0 fully saturated rings. The van der Waals surface area contributed by atoms with Crippen molar-refractivity contribution in [2.45, 2.75) is 0 Å². The molecule has 106 valence electrons. The van der Waals surface area contributed by atoms with Gasteiger partial charge in [-0.3, -0.25) is 4.98 Å². The number of rotatable bonds is 2. The van der Waals surface area contributed by atoms with E-state index in [-0.39, 0.29) is 5.88 Å². The van der Waals surface area contributed by atoms with Crippen LogP contribution in [0.4, 0.5) is 5.82 Å². The highest BCUT2D eigenvalue weighted by molar-refractivity contribution is 6.20. The van der Waals surface area contributed by atoms with Crippen molar-refractivity contribution in [3.8, 4) is 17.4 Å². The average molecular weight is 289 g/mol. The highest BCUT2D eigenvalue weighted by atomic mass is 16.3. The SMILES string of the molecule is Oc1nc(-c2ccccn2)[nH]c1C=C1C=Nc2ncccc21. The molecule has 4 heterocycles. The van der Waals surface area contributed by atoms with Crippen LogP contribution in [0.1, 0.15) is 11.3 Å². The van der Waals surface area contributed by atoms with E-state index < -0.39 is 0 Å². The molecule has 0 aromatic carbocycles. The third-order valence-corrected chi connectivity index (χ3v) is 3.34. The van der Waals surface area contributed by atoms with Crippen molar-refractivity contribution in [2.75, 3.05) is 0 Å². The van der Waals surface area contributed by atoms with Gasteiger partial charge in [0.2, 0.25) is 5.88 Å². The Labute approximate surface area is 126 Å². The van der Waals surface area contributed by atoms with Crippen molar-refractivity contribution in [3.05, 3.63) is 54.0 Å². The zero-order valence-electron chi connectivity index (χ0n) is 11.4. The predicted molar refractivity (Wildman–Crippen MR) is 83.7 cm³/mol. The minimum absolute atomic E-state index is 0.0705. The van der Waals surface area contributed by atoms with Crippen LogP contribution in [0.3, 0.4) is 0 Å². The van der Waals surface area contributed by atoms with Crippen LogP contribution in [-0.2, 0) is 0 Å². The summed E-state index contributed by atoms with van der Waals surface area (Å²) in [6.45, 7) is 0. The van der Waals surface area contributed by atoms with E-state index in [1.165, 1.54) is 0 Å². The lowest BCUT2D eigenvalue weighted by Crippen LogP contribution is -1.84. The summed E-state index contributed by atoms with van der Waals surface area (Å²) in [5.41, 5.74) is 2.98. The van der Waals surface area contributed by atoms with E-state index in [9.17, 15) is 5.11 Å². The van der Waals surface area contributed by atoms with E-state index in [1.807, 2.05) is 30.3 Å². The number of fused-ring (bicyclic) bond motifs is 1. The molecule has 0 aliphatic carbocycles. The number of aliphatic imine (C=N–C) groups is 1. The molecule has 0 spiro atoms. The number of aromatic nitrogens is 4. The van der Waals surface area contributed by atoms with Crippen molar-refractivity contribution in [1.29, 1.82) is 0 Å². The Morgan fingerprint density at radius 3 is 2.82 bits per heavy atom. The number of imidazole rings is 1. The van der Waals surface area contributed by atoms with E-state index in [0.717, 1.165) is 11.1 Å². The number of H-pyrrole nitrogens is 1. The topological polar surface area (TPSA) is 87.0 Å². The molecule has 0 atom stereocenters. The number of pyridine rings is 2. The summed E-state index contributed by atoms with van der Waals surface area (Å²) in [4.78, 5) is 19.8. The van der Waals surface area contributed by atoms with E-state index in [2.05, 4.69) is 24.9 Å². The fourth-order valence-corrected chi connectivity index (χ4v) is 2.30. The molecule has 1 aliphatic heterocycles. The second kappa shape index (κ2) is 4.92. The molecular weight excluding hydrogens is 278 g/mol. The summed E-state index contributed by atoms with van der Waals surface area (Å²) in [6, 6.07) is 9.31. The number of nitrogens with one attached hydrogen (secondary N) is 1. The molecule has 3 aromatic heterocycles. The van der Waals surface area contributed by atoms with Crippen molar-refractivity contribution in [3.63, 3.8) is 0 Å². The van der Waals surface area contributed by atoms with Gasteiger partial charge in [-0.2, -0.15) is 4.98 Å².